The Kier molecular flexibility index (Phi) is 4.67. The molecule has 1 atom stereocenters. The van der Waals surface area contributed by atoms with Crippen LogP contribution in [-0.2, 0) is 27.5 Å². The van der Waals surface area contributed by atoms with Crippen LogP contribution in [0.5, 0.6) is 0 Å². The molecule has 110 valence electrons. The van der Waals surface area contributed by atoms with E-state index in [0.29, 0.717) is 26.3 Å². The van der Waals surface area contributed by atoms with Crippen LogP contribution >= 0.6 is 0 Å². The van der Waals surface area contributed by atoms with Gasteiger partial charge in [-0.15, -0.1) is 5.10 Å². The van der Waals surface area contributed by atoms with Crippen LogP contribution in [0, 0.1) is 12.8 Å². The monoisotopic (exact) mass is 281 g/mol. The number of rotatable bonds is 4. The fraction of sp³-hybridized carbons (Fsp3) is 0.667. The van der Waals surface area contributed by atoms with Crippen molar-refractivity contribution in [3.63, 3.8) is 0 Å². The Bertz CT molecular complexity index is 499. The Balaban J connectivity index is 1.82. The van der Waals surface area contributed by atoms with Crippen molar-refractivity contribution in [2.24, 2.45) is 5.92 Å². The molecule has 2 N–H and O–H groups in total. The van der Waals surface area contributed by atoms with Gasteiger partial charge in [-0.2, -0.15) is 0 Å². The Morgan fingerprint density at radius 2 is 2.25 bits per heavy atom. The Morgan fingerprint density at radius 1 is 1.45 bits per heavy atom. The highest BCUT2D eigenvalue weighted by Gasteiger charge is 2.20. The maximum atomic E-state index is 11.5. The summed E-state index contributed by atoms with van der Waals surface area (Å²) in [6, 6.07) is 0. The second-order valence-corrected chi connectivity index (χ2v) is 4.90. The number of carbonyl (C=O) groups excluding carboxylic acids is 2. The highest BCUT2D eigenvalue weighted by atomic mass is 16.5. The molecule has 0 saturated heterocycles. The van der Waals surface area contributed by atoms with E-state index < -0.39 is 0 Å². The number of nitrogens with one attached hydrogen (secondary N) is 2. The van der Waals surface area contributed by atoms with Crippen molar-refractivity contribution in [3.8, 4) is 0 Å². The molecule has 0 spiro atoms. The van der Waals surface area contributed by atoms with Crippen molar-refractivity contribution in [1.82, 2.24) is 25.6 Å². The van der Waals surface area contributed by atoms with Gasteiger partial charge in [0.05, 0.1) is 31.1 Å². The standard InChI is InChI=1S/C12H19N5O3/c1-8-11-7-20-6-10(5-17(11)16-15-8)3-14-12(19)4-13-9(2)18/h10H,3-7H2,1-2H3,(H,13,18)(H,14,19)/t10-/m1/s1. The summed E-state index contributed by atoms with van der Waals surface area (Å²) in [7, 11) is 0. The van der Waals surface area contributed by atoms with Crippen molar-refractivity contribution >= 4 is 11.8 Å². The number of aryl methyl sites for hydroxylation is 1. The molecule has 8 nitrogen and oxygen atoms in total. The summed E-state index contributed by atoms with van der Waals surface area (Å²) in [5.74, 6) is -0.293. The van der Waals surface area contributed by atoms with Crippen molar-refractivity contribution < 1.29 is 14.3 Å². The minimum atomic E-state index is -0.222. The minimum Gasteiger partial charge on any atom is -0.375 e. The molecule has 0 aromatic carbocycles. The van der Waals surface area contributed by atoms with Gasteiger partial charge in [-0.3, -0.25) is 9.59 Å². The lowest BCUT2D eigenvalue weighted by atomic mass is 10.1. The SMILES string of the molecule is CC(=O)NCC(=O)NC[C@H]1COCc2c(C)nnn2C1. The highest BCUT2D eigenvalue weighted by Crippen LogP contribution is 2.14. The molecule has 0 aliphatic carbocycles. The number of aromatic nitrogens is 3. The van der Waals surface area contributed by atoms with Crippen LogP contribution in [0.25, 0.3) is 0 Å². The molecule has 0 saturated carbocycles. The van der Waals surface area contributed by atoms with Crippen molar-refractivity contribution in [2.45, 2.75) is 27.0 Å². The van der Waals surface area contributed by atoms with E-state index in [0.717, 1.165) is 11.4 Å². The molecular formula is C12H19N5O3. The van der Waals surface area contributed by atoms with Gasteiger partial charge in [-0.25, -0.2) is 4.68 Å². The maximum absolute atomic E-state index is 11.5. The normalized spacial score (nSPS) is 18.0. The van der Waals surface area contributed by atoms with E-state index >= 15 is 0 Å². The van der Waals surface area contributed by atoms with E-state index in [9.17, 15) is 9.59 Å². The predicted molar refractivity (Wildman–Crippen MR) is 69.6 cm³/mol. The van der Waals surface area contributed by atoms with Crippen molar-refractivity contribution in [3.05, 3.63) is 11.4 Å². The van der Waals surface area contributed by atoms with E-state index in [1.807, 2.05) is 11.6 Å². The summed E-state index contributed by atoms with van der Waals surface area (Å²) in [5, 5.41) is 13.3. The van der Waals surface area contributed by atoms with Crippen molar-refractivity contribution in [1.29, 1.82) is 0 Å². The molecule has 8 heteroatoms. The molecule has 2 heterocycles. The zero-order chi connectivity index (χ0) is 14.5. The smallest absolute Gasteiger partial charge is 0.239 e. The number of hydrogen-bond acceptors (Lipinski definition) is 5. The summed E-state index contributed by atoms with van der Waals surface area (Å²) in [5.41, 5.74) is 1.86. The van der Waals surface area contributed by atoms with Gasteiger partial charge in [-0.1, -0.05) is 5.21 Å². The number of amides is 2. The quantitative estimate of drug-likeness (QED) is 0.736. The molecule has 0 radical (unpaired) electrons. The first-order chi connectivity index (χ1) is 9.56. The second-order valence-electron chi connectivity index (χ2n) is 4.90. The molecule has 1 aliphatic rings. The fourth-order valence-corrected chi connectivity index (χ4v) is 2.01. The molecule has 1 aromatic rings. The number of carbonyl (C=O) groups is 2. The predicted octanol–water partition coefficient (Wildman–Crippen LogP) is -1.01. The van der Waals surface area contributed by atoms with Crippen LogP contribution in [0.2, 0.25) is 0 Å². The largest absolute Gasteiger partial charge is 0.375 e. The summed E-state index contributed by atoms with van der Waals surface area (Å²) < 4.78 is 7.41. The maximum Gasteiger partial charge on any atom is 0.239 e. The van der Waals surface area contributed by atoms with E-state index in [1.54, 1.807) is 0 Å². The molecule has 0 bridgehead atoms. The number of fused-ring (bicyclic) bond motifs is 1. The van der Waals surface area contributed by atoms with Gasteiger partial charge < -0.3 is 15.4 Å². The molecule has 2 rings (SSSR count). The van der Waals surface area contributed by atoms with Gasteiger partial charge in [-0.05, 0) is 6.92 Å². The van der Waals surface area contributed by atoms with Gasteiger partial charge in [0, 0.05) is 25.9 Å². The van der Waals surface area contributed by atoms with E-state index in [4.69, 9.17) is 4.74 Å². The lowest BCUT2D eigenvalue weighted by molar-refractivity contribution is -0.125. The first kappa shape index (κ1) is 14.4. The first-order valence-electron chi connectivity index (χ1n) is 6.54. The van der Waals surface area contributed by atoms with Gasteiger partial charge in [0.2, 0.25) is 11.8 Å². The summed E-state index contributed by atoms with van der Waals surface area (Å²) in [6.07, 6.45) is 0. The summed E-state index contributed by atoms with van der Waals surface area (Å²) in [4.78, 5) is 22.2. The lowest BCUT2D eigenvalue weighted by Crippen LogP contribution is -2.39. The van der Waals surface area contributed by atoms with Crippen LogP contribution in [0.4, 0.5) is 0 Å². The minimum absolute atomic E-state index is 0.00338. The first-order valence-corrected chi connectivity index (χ1v) is 6.54. The van der Waals surface area contributed by atoms with E-state index in [2.05, 4.69) is 20.9 Å². The number of nitrogens with zero attached hydrogens (tertiary/aromatic N) is 3. The average molecular weight is 281 g/mol. The zero-order valence-electron chi connectivity index (χ0n) is 11.7. The number of ether oxygens (including phenoxy) is 1. The average Bonchev–Trinajstić information content (AvgIpc) is 2.64. The molecule has 2 amide bonds. The zero-order valence-corrected chi connectivity index (χ0v) is 11.7. The highest BCUT2D eigenvalue weighted by molar-refractivity contribution is 5.83. The van der Waals surface area contributed by atoms with Crippen LogP contribution in [0.1, 0.15) is 18.3 Å². The van der Waals surface area contributed by atoms with Crippen molar-refractivity contribution in [2.75, 3.05) is 19.7 Å². The third kappa shape index (κ3) is 3.77. The molecule has 1 aliphatic heterocycles. The molecular weight excluding hydrogens is 262 g/mol. The lowest BCUT2D eigenvalue weighted by Gasteiger charge is -2.14. The summed E-state index contributed by atoms with van der Waals surface area (Å²) in [6.45, 7) is 5.47. The summed E-state index contributed by atoms with van der Waals surface area (Å²) >= 11 is 0. The third-order valence-corrected chi connectivity index (χ3v) is 3.14. The molecule has 20 heavy (non-hydrogen) atoms. The van der Waals surface area contributed by atoms with Crippen LogP contribution < -0.4 is 10.6 Å². The third-order valence-electron chi connectivity index (χ3n) is 3.14. The van der Waals surface area contributed by atoms with Gasteiger partial charge >= 0.3 is 0 Å². The topological polar surface area (TPSA) is 98.1 Å². The Morgan fingerprint density at radius 3 is 3.00 bits per heavy atom. The van der Waals surface area contributed by atoms with E-state index in [1.165, 1.54) is 6.92 Å². The molecule has 1 aromatic heterocycles. The van der Waals surface area contributed by atoms with Crippen LogP contribution in [-0.4, -0.2) is 46.5 Å². The molecule has 0 fully saturated rings. The van der Waals surface area contributed by atoms with Crippen LogP contribution in [0.3, 0.4) is 0 Å². The van der Waals surface area contributed by atoms with Gasteiger partial charge in [0.1, 0.15) is 0 Å². The van der Waals surface area contributed by atoms with Gasteiger partial charge in [0.15, 0.2) is 0 Å². The Hall–Kier alpha value is -1.96. The van der Waals surface area contributed by atoms with Crippen LogP contribution in [0.15, 0.2) is 0 Å². The Labute approximate surface area is 116 Å². The number of hydrogen-bond donors (Lipinski definition) is 2. The second kappa shape index (κ2) is 6.47. The van der Waals surface area contributed by atoms with E-state index in [-0.39, 0.29) is 24.3 Å². The van der Waals surface area contributed by atoms with Gasteiger partial charge in [0.25, 0.3) is 0 Å². The fourth-order valence-electron chi connectivity index (χ4n) is 2.01. The molecule has 0 unspecified atom stereocenters.